The van der Waals surface area contributed by atoms with Crippen molar-refractivity contribution >= 4 is 11.8 Å². The van der Waals surface area contributed by atoms with Gasteiger partial charge in [0.2, 0.25) is 0 Å². The highest BCUT2D eigenvalue weighted by Gasteiger charge is 2.08. The second-order valence-electron chi connectivity index (χ2n) is 4.95. The molecule has 112 valence electrons. The van der Waals surface area contributed by atoms with E-state index in [0.29, 0.717) is 4.90 Å². The van der Waals surface area contributed by atoms with Gasteiger partial charge in [-0.25, -0.2) is 8.78 Å². The molecule has 0 saturated heterocycles. The lowest BCUT2D eigenvalue weighted by atomic mass is 10.1. The molecule has 0 heterocycles. The smallest absolute Gasteiger partial charge is 0.140 e. The minimum absolute atomic E-state index is 0.441. The molecule has 0 aliphatic rings. The van der Waals surface area contributed by atoms with Crippen LogP contribution in [-0.2, 0) is 6.54 Å². The van der Waals surface area contributed by atoms with E-state index in [1.54, 1.807) is 0 Å². The molecule has 0 spiro atoms. The molecule has 2 aromatic carbocycles. The molecule has 0 saturated carbocycles. The lowest BCUT2D eigenvalue weighted by molar-refractivity contribution is 0.565. The van der Waals surface area contributed by atoms with Gasteiger partial charge in [-0.15, -0.1) is 0 Å². The van der Waals surface area contributed by atoms with Crippen LogP contribution < -0.4 is 5.32 Å². The maximum atomic E-state index is 13.7. The van der Waals surface area contributed by atoms with E-state index in [0.717, 1.165) is 36.0 Å². The third kappa shape index (κ3) is 4.55. The molecule has 1 N–H and O–H groups in total. The van der Waals surface area contributed by atoms with Gasteiger partial charge in [0.1, 0.15) is 11.6 Å². The fourth-order valence-corrected chi connectivity index (χ4v) is 2.91. The van der Waals surface area contributed by atoms with Crippen LogP contribution in [0.1, 0.15) is 24.5 Å². The SMILES string of the molecule is CCCNCc1ccc(Sc2ccc(F)cc2F)c(C)c1. The largest absolute Gasteiger partial charge is 0.313 e. The van der Waals surface area contributed by atoms with Gasteiger partial charge in [-0.3, -0.25) is 0 Å². The summed E-state index contributed by atoms with van der Waals surface area (Å²) in [6.07, 6.45) is 1.11. The number of benzene rings is 2. The maximum absolute atomic E-state index is 13.7. The Morgan fingerprint density at radius 2 is 1.81 bits per heavy atom. The summed E-state index contributed by atoms with van der Waals surface area (Å²) in [6, 6.07) is 9.81. The van der Waals surface area contributed by atoms with Gasteiger partial charge in [-0.2, -0.15) is 0 Å². The summed E-state index contributed by atoms with van der Waals surface area (Å²) in [6.45, 7) is 5.98. The van der Waals surface area contributed by atoms with E-state index in [1.807, 2.05) is 19.1 Å². The monoisotopic (exact) mass is 307 g/mol. The quantitative estimate of drug-likeness (QED) is 0.760. The van der Waals surface area contributed by atoms with Crippen molar-refractivity contribution < 1.29 is 8.78 Å². The van der Waals surface area contributed by atoms with E-state index in [1.165, 1.54) is 29.5 Å². The molecule has 2 aromatic rings. The topological polar surface area (TPSA) is 12.0 Å². The Balaban J connectivity index is 2.10. The zero-order chi connectivity index (χ0) is 15.2. The number of hydrogen-bond donors (Lipinski definition) is 1. The first-order valence-corrected chi connectivity index (χ1v) is 7.85. The molecule has 0 bridgehead atoms. The van der Waals surface area contributed by atoms with Crippen molar-refractivity contribution in [2.24, 2.45) is 0 Å². The Hall–Kier alpha value is -1.39. The molecule has 0 aliphatic carbocycles. The molecule has 4 heteroatoms. The summed E-state index contributed by atoms with van der Waals surface area (Å²) in [5.41, 5.74) is 2.31. The summed E-state index contributed by atoms with van der Waals surface area (Å²) in [4.78, 5) is 1.43. The van der Waals surface area contributed by atoms with E-state index in [9.17, 15) is 8.78 Å². The van der Waals surface area contributed by atoms with Crippen LogP contribution in [-0.4, -0.2) is 6.54 Å². The Kier molecular flexibility index (Phi) is 5.76. The Labute approximate surface area is 128 Å². The second kappa shape index (κ2) is 7.57. The van der Waals surface area contributed by atoms with Gasteiger partial charge in [0.05, 0.1) is 0 Å². The van der Waals surface area contributed by atoms with Gasteiger partial charge in [0.25, 0.3) is 0 Å². The van der Waals surface area contributed by atoms with Crippen LogP contribution in [0.3, 0.4) is 0 Å². The zero-order valence-corrected chi connectivity index (χ0v) is 13.1. The molecule has 0 fully saturated rings. The summed E-state index contributed by atoms with van der Waals surface area (Å²) in [5.74, 6) is -1.07. The molecule has 0 aliphatic heterocycles. The lowest BCUT2D eigenvalue weighted by Crippen LogP contribution is -2.13. The van der Waals surface area contributed by atoms with Crippen molar-refractivity contribution in [3.8, 4) is 0 Å². The van der Waals surface area contributed by atoms with Crippen LogP contribution in [0.25, 0.3) is 0 Å². The minimum atomic E-state index is -0.550. The van der Waals surface area contributed by atoms with E-state index in [4.69, 9.17) is 0 Å². The molecule has 21 heavy (non-hydrogen) atoms. The molecule has 0 amide bonds. The van der Waals surface area contributed by atoms with E-state index in [-0.39, 0.29) is 0 Å². The molecule has 1 nitrogen and oxygen atoms in total. The summed E-state index contributed by atoms with van der Waals surface area (Å²) >= 11 is 1.32. The predicted molar refractivity (Wildman–Crippen MR) is 83.7 cm³/mol. The average Bonchev–Trinajstić information content (AvgIpc) is 2.44. The first-order chi connectivity index (χ1) is 10.1. The standard InChI is InChI=1S/C17H19F2NS/c1-3-8-20-11-13-4-6-16(12(2)9-13)21-17-7-5-14(18)10-15(17)19/h4-7,9-10,20H,3,8,11H2,1-2H3. The molecule has 0 unspecified atom stereocenters. The number of aryl methyl sites for hydroxylation is 1. The molecule has 0 aromatic heterocycles. The number of rotatable bonds is 6. The third-order valence-corrected chi connectivity index (χ3v) is 4.34. The van der Waals surface area contributed by atoms with Crippen LogP contribution in [0, 0.1) is 18.6 Å². The Morgan fingerprint density at radius 1 is 1.05 bits per heavy atom. The normalized spacial score (nSPS) is 10.9. The van der Waals surface area contributed by atoms with Crippen LogP contribution in [0.15, 0.2) is 46.2 Å². The average molecular weight is 307 g/mol. The number of halogens is 2. The first-order valence-electron chi connectivity index (χ1n) is 7.03. The van der Waals surface area contributed by atoms with Gasteiger partial charge in [0.15, 0.2) is 0 Å². The highest BCUT2D eigenvalue weighted by molar-refractivity contribution is 7.99. The molecular weight excluding hydrogens is 288 g/mol. The van der Waals surface area contributed by atoms with Crippen molar-refractivity contribution in [2.45, 2.75) is 36.6 Å². The summed E-state index contributed by atoms with van der Waals surface area (Å²) in [5, 5.41) is 3.35. The predicted octanol–water partition coefficient (Wildman–Crippen LogP) is 4.92. The van der Waals surface area contributed by atoms with Gasteiger partial charge in [-0.05, 0) is 49.2 Å². The van der Waals surface area contributed by atoms with Gasteiger partial charge >= 0.3 is 0 Å². The number of nitrogens with one attached hydrogen (secondary N) is 1. The van der Waals surface area contributed by atoms with Crippen molar-refractivity contribution in [1.29, 1.82) is 0 Å². The second-order valence-corrected chi connectivity index (χ2v) is 6.04. The minimum Gasteiger partial charge on any atom is -0.313 e. The fraction of sp³-hybridized carbons (Fsp3) is 0.294. The number of hydrogen-bond acceptors (Lipinski definition) is 2. The van der Waals surface area contributed by atoms with Crippen LogP contribution in [0.4, 0.5) is 8.78 Å². The van der Waals surface area contributed by atoms with Gasteiger partial charge < -0.3 is 5.32 Å². The van der Waals surface area contributed by atoms with Crippen molar-refractivity contribution in [3.05, 3.63) is 59.2 Å². The summed E-state index contributed by atoms with van der Waals surface area (Å²) in [7, 11) is 0. The van der Waals surface area contributed by atoms with E-state index < -0.39 is 11.6 Å². The van der Waals surface area contributed by atoms with Crippen molar-refractivity contribution in [1.82, 2.24) is 5.32 Å². The molecule has 2 rings (SSSR count). The van der Waals surface area contributed by atoms with Crippen LogP contribution in [0.5, 0.6) is 0 Å². The van der Waals surface area contributed by atoms with E-state index in [2.05, 4.69) is 18.3 Å². The van der Waals surface area contributed by atoms with Gasteiger partial charge in [0, 0.05) is 22.4 Å². The third-order valence-electron chi connectivity index (χ3n) is 3.11. The van der Waals surface area contributed by atoms with Gasteiger partial charge in [-0.1, -0.05) is 30.8 Å². The van der Waals surface area contributed by atoms with Crippen molar-refractivity contribution in [2.75, 3.05) is 6.54 Å². The lowest BCUT2D eigenvalue weighted by Gasteiger charge is -2.09. The summed E-state index contributed by atoms with van der Waals surface area (Å²) < 4.78 is 26.6. The molecule has 0 atom stereocenters. The first kappa shape index (κ1) is 16.0. The molecular formula is C17H19F2NS. The highest BCUT2D eigenvalue weighted by Crippen LogP contribution is 2.32. The maximum Gasteiger partial charge on any atom is 0.140 e. The van der Waals surface area contributed by atoms with E-state index >= 15 is 0 Å². The van der Waals surface area contributed by atoms with Crippen LogP contribution in [0.2, 0.25) is 0 Å². The fourth-order valence-electron chi connectivity index (χ4n) is 2.02. The zero-order valence-electron chi connectivity index (χ0n) is 12.2. The molecule has 0 radical (unpaired) electrons. The Bertz CT molecular complexity index is 614. The van der Waals surface area contributed by atoms with Crippen molar-refractivity contribution in [3.63, 3.8) is 0 Å². The highest BCUT2D eigenvalue weighted by atomic mass is 32.2. The van der Waals surface area contributed by atoms with Crippen LogP contribution >= 0.6 is 11.8 Å². The Morgan fingerprint density at radius 3 is 2.48 bits per heavy atom.